The first-order chi connectivity index (χ1) is 7.99. The van der Waals surface area contributed by atoms with Crippen LogP contribution in [0.2, 0.25) is 0 Å². The van der Waals surface area contributed by atoms with Crippen LogP contribution >= 0.6 is 0 Å². The second-order valence-corrected chi connectivity index (χ2v) is 7.10. The van der Waals surface area contributed by atoms with Crippen LogP contribution in [0.15, 0.2) is 24.3 Å². The summed E-state index contributed by atoms with van der Waals surface area (Å²) in [4.78, 5) is 0. The quantitative estimate of drug-likeness (QED) is 0.861. The van der Waals surface area contributed by atoms with Gasteiger partial charge in [-0.25, -0.2) is 8.42 Å². The highest BCUT2D eigenvalue weighted by Gasteiger charge is 2.28. The summed E-state index contributed by atoms with van der Waals surface area (Å²) in [6.07, 6.45) is 3.28. The normalized spacial score (nSPS) is 20.5. The van der Waals surface area contributed by atoms with Crippen LogP contribution in [-0.2, 0) is 16.3 Å². The van der Waals surface area contributed by atoms with E-state index in [0.29, 0.717) is 5.92 Å². The van der Waals surface area contributed by atoms with Crippen molar-refractivity contribution >= 4 is 9.84 Å². The smallest absolute Gasteiger partial charge is 0.148 e. The topological polar surface area (TPSA) is 46.2 Å². The summed E-state index contributed by atoms with van der Waals surface area (Å²) in [5.41, 5.74) is 2.80. The van der Waals surface area contributed by atoms with E-state index in [1.165, 1.54) is 17.4 Å². The molecule has 0 spiro atoms. The lowest BCUT2D eigenvalue weighted by atomic mass is 9.74. The number of fused-ring (bicyclic) bond motifs is 1. The highest BCUT2D eigenvalue weighted by molar-refractivity contribution is 7.90. The highest BCUT2D eigenvalue weighted by Crippen LogP contribution is 2.37. The van der Waals surface area contributed by atoms with Crippen LogP contribution in [0.5, 0.6) is 0 Å². The third kappa shape index (κ3) is 3.07. The molecule has 2 unspecified atom stereocenters. The average Bonchev–Trinajstić information content (AvgIpc) is 2.22. The summed E-state index contributed by atoms with van der Waals surface area (Å²) in [5.74, 6) is 0.743. The Kier molecular flexibility index (Phi) is 3.54. The van der Waals surface area contributed by atoms with Crippen molar-refractivity contribution < 1.29 is 8.42 Å². The van der Waals surface area contributed by atoms with Gasteiger partial charge in [-0.1, -0.05) is 24.3 Å². The van der Waals surface area contributed by atoms with E-state index >= 15 is 0 Å². The van der Waals surface area contributed by atoms with Crippen molar-refractivity contribution in [3.8, 4) is 0 Å². The lowest BCUT2D eigenvalue weighted by Gasteiger charge is -2.32. The van der Waals surface area contributed by atoms with Crippen molar-refractivity contribution in [2.45, 2.75) is 24.8 Å². The lowest BCUT2D eigenvalue weighted by Crippen LogP contribution is -2.36. The summed E-state index contributed by atoms with van der Waals surface area (Å²) in [5, 5.41) is 3.11. The van der Waals surface area contributed by atoms with Gasteiger partial charge in [0.25, 0.3) is 0 Å². The zero-order valence-corrected chi connectivity index (χ0v) is 11.1. The van der Waals surface area contributed by atoms with E-state index in [9.17, 15) is 8.42 Å². The third-order valence-electron chi connectivity index (χ3n) is 3.44. The van der Waals surface area contributed by atoms with Crippen LogP contribution < -0.4 is 5.32 Å². The largest absolute Gasteiger partial charge is 0.316 e. The lowest BCUT2D eigenvalue weighted by molar-refractivity contribution is 0.461. The van der Waals surface area contributed by atoms with Gasteiger partial charge in [0, 0.05) is 12.3 Å². The summed E-state index contributed by atoms with van der Waals surface area (Å²) in [6.45, 7) is 0. The van der Waals surface area contributed by atoms with Gasteiger partial charge in [0.1, 0.15) is 9.84 Å². The second-order valence-electron chi connectivity index (χ2n) is 4.91. The number of benzene rings is 1. The van der Waals surface area contributed by atoms with Gasteiger partial charge in [-0.3, -0.25) is 0 Å². The first kappa shape index (κ1) is 12.6. The van der Waals surface area contributed by atoms with Crippen molar-refractivity contribution in [2.24, 2.45) is 0 Å². The standard InChI is InChI=1S/C13H19NO2S/c1-14-12(9-17(2,15)16)8-11-7-10-5-3-4-6-13(10)11/h3-6,11-12,14H,7-9H2,1-2H3. The van der Waals surface area contributed by atoms with Gasteiger partial charge in [-0.2, -0.15) is 0 Å². The number of hydrogen-bond acceptors (Lipinski definition) is 3. The van der Waals surface area contributed by atoms with Crippen LogP contribution in [0, 0.1) is 0 Å². The number of rotatable bonds is 5. The zero-order chi connectivity index (χ0) is 12.5. The molecule has 1 aliphatic rings. The summed E-state index contributed by atoms with van der Waals surface area (Å²) in [6, 6.07) is 8.47. The third-order valence-corrected chi connectivity index (χ3v) is 4.45. The fraction of sp³-hybridized carbons (Fsp3) is 0.538. The monoisotopic (exact) mass is 253 g/mol. The van der Waals surface area contributed by atoms with Crippen molar-refractivity contribution in [2.75, 3.05) is 19.1 Å². The van der Waals surface area contributed by atoms with Crippen LogP contribution in [0.3, 0.4) is 0 Å². The van der Waals surface area contributed by atoms with E-state index in [2.05, 4.69) is 29.6 Å². The molecule has 1 aliphatic carbocycles. The molecule has 0 aromatic heterocycles. The molecule has 0 heterocycles. The maximum atomic E-state index is 11.3. The Balaban J connectivity index is 1.98. The molecule has 94 valence electrons. The SMILES string of the molecule is CNC(CC1Cc2ccccc21)CS(C)(=O)=O. The Labute approximate surface area is 103 Å². The molecule has 0 amide bonds. The van der Waals surface area contributed by atoms with Gasteiger partial charge in [0.15, 0.2) is 0 Å². The Morgan fingerprint density at radius 2 is 2.12 bits per heavy atom. The predicted molar refractivity (Wildman–Crippen MR) is 70.1 cm³/mol. The molecule has 0 radical (unpaired) electrons. The van der Waals surface area contributed by atoms with Gasteiger partial charge in [0.2, 0.25) is 0 Å². The molecule has 0 saturated carbocycles. The van der Waals surface area contributed by atoms with E-state index < -0.39 is 9.84 Å². The number of hydrogen-bond donors (Lipinski definition) is 1. The summed E-state index contributed by atoms with van der Waals surface area (Å²) >= 11 is 0. The molecule has 1 N–H and O–H groups in total. The molecule has 3 nitrogen and oxygen atoms in total. The van der Waals surface area contributed by atoms with Crippen molar-refractivity contribution in [1.29, 1.82) is 0 Å². The van der Waals surface area contributed by atoms with Crippen molar-refractivity contribution in [3.63, 3.8) is 0 Å². The van der Waals surface area contributed by atoms with E-state index in [0.717, 1.165) is 12.8 Å². The van der Waals surface area contributed by atoms with Gasteiger partial charge in [-0.15, -0.1) is 0 Å². The van der Waals surface area contributed by atoms with Crippen molar-refractivity contribution in [1.82, 2.24) is 5.32 Å². The molecule has 4 heteroatoms. The predicted octanol–water partition coefficient (Wildman–Crippen LogP) is 1.35. The van der Waals surface area contributed by atoms with E-state index in [4.69, 9.17) is 0 Å². The van der Waals surface area contributed by atoms with Gasteiger partial charge in [0.05, 0.1) is 5.75 Å². The Morgan fingerprint density at radius 3 is 2.71 bits per heavy atom. The number of nitrogens with one attached hydrogen (secondary N) is 1. The average molecular weight is 253 g/mol. The fourth-order valence-electron chi connectivity index (χ4n) is 2.55. The van der Waals surface area contributed by atoms with E-state index in [-0.39, 0.29) is 11.8 Å². The van der Waals surface area contributed by atoms with Gasteiger partial charge in [-0.05, 0) is 36.9 Å². The van der Waals surface area contributed by atoms with Crippen molar-refractivity contribution in [3.05, 3.63) is 35.4 Å². The molecule has 2 rings (SSSR count). The Bertz CT molecular complexity index is 496. The minimum Gasteiger partial charge on any atom is -0.316 e. The van der Waals surface area contributed by atoms with Crippen LogP contribution in [0.25, 0.3) is 0 Å². The minimum atomic E-state index is -2.91. The molecular formula is C13H19NO2S. The zero-order valence-electron chi connectivity index (χ0n) is 10.3. The second kappa shape index (κ2) is 4.78. The van der Waals surface area contributed by atoms with Gasteiger partial charge >= 0.3 is 0 Å². The summed E-state index contributed by atoms with van der Waals surface area (Å²) < 4.78 is 22.6. The molecule has 0 fully saturated rings. The first-order valence-electron chi connectivity index (χ1n) is 5.92. The molecule has 2 atom stereocenters. The first-order valence-corrected chi connectivity index (χ1v) is 7.98. The molecule has 1 aromatic rings. The Morgan fingerprint density at radius 1 is 1.41 bits per heavy atom. The maximum absolute atomic E-state index is 11.3. The molecule has 0 aliphatic heterocycles. The molecule has 17 heavy (non-hydrogen) atoms. The number of sulfone groups is 1. The molecule has 0 saturated heterocycles. The van der Waals surface area contributed by atoms with Gasteiger partial charge < -0.3 is 5.32 Å². The summed E-state index contributed by atoms with van der Waals surface area (Å²) in [7, 11) is -1.07. The van der Waals surface area contributed by atoms with Crippen LogP contribution in [0.4, 0.5) is 0 Å². The van der Waals surface area contributed by atoms with E-state index in [1.54, 1.807) is 0 Å². The Hall–Kier alpha value is -0.870. The molecule has 1 aromatic carbocycles. The van der Waals surface area contributed by atoms with Crippen LogP contribution in [0.1, 0.15) is 23.5 Å². The highest BCUT2D eigenvalue weighted by atomic mass is 32.2. The molecular weight excluding hydrogens is 234 g/mol. The maximum Gasteiger partial charge on any atom is 0.148 e. The van der Waals surface area contributed by atoms with E-state index in [1.807, 2.05) is 7.05 Å². The fourth-order valence-corrected chi connectivity index (χ4v) is 3.58. The molecule has 0 bridgehead atoms. The minimum absolute atomic E-state index is 0.0587. The van der Waals surface area contributed by atoms with Crippen LogP contribution in [-0.4, -0.2) is 33.5 Å².